The largest absolute Gasteiger partial charge is 0.361 e. The monoisotopic (exact) mass is 250 g/mol. The molecule has 0 aliphatic carbocycles. The van der Waals surface area contributed by atoms with Gasteiger partial charge in [0.1, 0.15) is 0 Å². The number of aromatic amines is 1. The third kappa shape index (κ3) is 2.14. The van der Waals surface area contributed by atoms with Crippen molar-refractivity contribution in [3.05, 3.63) is 54.4 Å². The van der Waals surface area contributed by atoms with Gasteiger partial charge in [0.15, 0.2) is 0 Å². The smallest absolute Gasteiger partial charge is 0.0705 e. The lowest BCUT2D eigenvalue weighted by Crippen LogP contribution is -2.13. The molecule has 0 atom stereocenters. The van der Waals surface area contributed by atoms with Crippen LogP contribution in [0.4, 0.5) is 0 Å². The van der Waals surface area contributed by atoms with E-state index < -0.39 is 0 Å². The Bertz CT molecular complexity index is 703. The molecule has 0 radical (unpaired) electrons. The molecule has 0 aliphatic rings. The van der Waals surface area contributed by atoms with E-state index in [4.69, 9.17) is 0 Å². The number of nitrogens with one attached hydrogen (secondary N) is 1. The summed E-state index contributed by atoms with van der Waals surface area (Å²) in [5.74, 6) is 0. The molecule has 19 heavy (non-hydrogen) atoms. The number of aromatic nitrogens is 2. The summed E-state index contributed by atoms with van der Waals surface area (Å²) in [7, 11) is 0. The second kappa shape index (κ2) is 4.23. The Balaban J connectivity index is 2.32. The minimum atomic E-state index is 0.0894. The zero-order valence-electron chi connectivity index (χ0n) is 11.6. The molecule has 1 N–H and O–H groups in total. The fourth-order valence-electron chi connectivity index (χ4n) is 2.46. The molecule has 0 fully saturated rings. The predicted molar refractivity (Wildman–Crippen MR) is 80.2 cm³/mol. The first kappa shape index (κ1) is 12.0. The lowest BCUT2D eigenvalue weighted by Gasteiger charge is -2.23. The summed E-state index contributed by atoms with van der Waals surface area (Å²) in [5.41, 5.74) is 4.85. The Morgan fingerprint density at radius 3 is 2.58 bits per heavy atom. The molecule has 0 aliphatic heterocycles. The highest BCUT2D eigenvalue weighted by molar-refractivity contribution is 5.86. The molecule has 3 rings (SSSR count). The molecule has 2 heteroatoms. The summed E-state index contributed by atoms with van der Waals surface area (Å²) in [6.07, 6.45) is 3.84. The molecule has 1 aromatic carbocycles. The number of pyridine rings is 1. The van der Waals surface area contributed by atoms with Crippen molar-refractivity contribution in [2.75, 3.05) is 0 Å². The molecular weight excluding hydrogens is 232 g/mol. The van der Waals surface area contributed by atoms with E-state index in [1.54, 1.807) is 0 Å². The Morgan fingerprint density at radius 1 is 1.05 bits per heavy atom. The van der Waals surface area contributed by atoms with E-state index in [1.807, 2.05) is 24.5 Å². The molecule has 3 aromatic rings. The first-order valence-corrected chi connectivity index (χ1v) is 6.59. The van der Waals surface area contributed by atoms with Crippen LogP contribution >= 0.6 is 0 Å². The molecule has 2 nitrogen and oxygen atoms in total. The maximum absolute atomic E-state index is 4.50. The summed E-state index contributed by atoms with van der Waals surface area (Å²) >= 11 is 0. The molecule has 2 aromatic heterocycles. The summed E-state index contributed by atoms with van der Waals surface area (Å²) < 4.78 is 0. The minimum Gasteiger partial charge on any atom is -0.361 e. The van der Waals surface area contributed by atoms with Crippen LogP contribution in [0.1, 0.15) is 26.3 Å². The lowest BCUT2D eigenvalue weighted by molar-refractivity contribution is 0.592. The number of hydrogen-bond acceptors (Lipinski definition) is 1. The van der Waals surface area contributed by atoms with E-state index >= 15 is 0 Å². The highest BCUT2D eigenvalue weighted by Crippen LogP contribution is 2.34. The molecule has 0 saturated carbocycles. The van der Waals surface area contributed by atoms with Crippen LogP contribution in [0.15, 0.2) is 48.8 Å². The van der Waals surface area contributed by atoms with Gasteiger partial charge >= 0.3 is 0 Å². The van der Waals surface area contributed by atoms with Gasteiger partial charge in [-0.3, -0.25) is 4.98 Å². The molecule has 0 bridgehead atoms. The van der Waals surface area contributed by atoms with Crippen LogP contribution in [0.5, 0.6) is 0 Å². The van der Waals surface area contributed by atoms with E-state index in [-0.39, 0.29) is 5.41 Å². The van der Waals surface area contributed by atoms with Crippen molar-refractivity contribution in [1.82, 2.24) is 9.97 Å². The molecule has 0 unspecified atom stereocenters. The number of hydrogen-bond donors (Lipinski definition) is 1. The summed E-state index contributed by atoms with van der Waals surface area (Å²) in [5, 5.41) is 1.23. The SMILES string of the molecule is CC(C)(C)c1cc2[nH]ccc2cc1-c1ccccn1. The van der Waals surface area contributed by atoms with Crippen molar-refractivity contribution in [2.45, 2.75) is 26.2 Å². The van der Waals surface area contributed by atoms with E-state index in [9.17, 15) is 0 Å². The van der Waals surface area contributed by atoms with Crippen molar-refractivity contribution >= 4 is 10.9 Å². The highest BCUT2D eigenvalue weighted by atomic mass is 14.7. The van der Waals surface area contributed by atoms with Crippen molar-refractivity contribution < 1.29 is 0 Å². The molecule has 0 saturated heterocycles. The zero-order valence-corrected chi connectivity index (χ0v) is 11.6. The fraction of sp³-hybridized carbons (Fsp3) is 0.235. The van der Waals surface area contributed by atoms with Gasteiger partial charge < -0.3 is 4.98 Å². The van der Waals surface area contributed by atoms with Gasteiger partial charge in [-0.1, -0.05) is 26.8 Å². The quantitative estimate of drug-likeness (QED) is 0.675. The van der Waals surface area contributed by atoms with Crippen LogP contribution in [0, 0.1) is 0 Å². The maximum Gasteiger partial charge on any atom is 0.0705 e. The van der Waals surface area contributed by atoms with Crippen molar-refractivity contribution in [3.8, 4) is 11.3 Å². The molecule has 0 spiro atoms. The number of H-pyrrole nitrogens is 1. The Kier molecular flexibility index (Phi) is 2.67. The van der Waals surface area contributed by atoms with Gasteiger partial charge in [0.25, 0.3) is 0 Å². The van der Waals surface area contributed by atoms with Gasteiger partial charge in [-0.25, -0.2) is 0 Å². The zero-order chi connectivity index (χ0) is 13.5. The topological polar surface area (TPSA) is 28.7 Å². The third-order valence-corrected chi connectivity index (χ3v) is 3.44. The van der Waals surface area contributed by atoms with Crippen LogP contribution in [0.25, 0.3) is 22.2 Å². The normalized spacial score (nSPS) is 11.9. The first-order valence-electron chi connectivity index (χ1n) is 6.59. The number of benzene rings is 1. The van der Waals surface area contributed by atoms with Crippen LogP contribution in [-0.4, -0.2) is 9.97 Å². The van der Waals surface area contributed by atoms with Crippen molar-refractivity contribution in [2.24, 2.45) is 0 Å². The van der Waals surface area contributed by atoms with Gasteiger partial charge in [-0.05, 0) is 41.3 Å². The number of rotatable bonds is 1. The Morgan fingerprint density at radius 2 is 1.89 bits per heavy atom. The van der Waals surface area contributed by atoms with E-state index in [2.05, 4.69) is 55.0 Å². The van der Waals surface area contributed by atoms with Gasteiger partial charge in [0, 0.05) is 28.9 Å². The second-order valence-corrected chi connectivity index (χ2v) is 5.93. The summed E-state index contributed by atoms with van der Waals surface area (Å²) in [6, 6.07) is 12.6. The van der Waals surface area contributed by atoms with E-state index in [1.165, 1.54) is 22.0 Å². The Hall–Kier alpha value is -2.09. The van der Waals surface area contributed by atoms with Gasteiger partial charge in [-0.15, -0.1) is 0 Å². The van der Waals surface area contributed by atoms with Gasteiger partial charge in [0.05, 0.1) is 5.69 Å². The molecule has 0 amide bonds. The van der Waals surface area contributed by atoms with Crippen LogP contribution < -0.4 is 0 Å². The van der Waals surface area contributed by atoms with E-state index in [0.29, 0.717) is 0 Å². The highest BCUT2D eigenvalue weighted by Gasteiger charge is 2.20. The maximum atomic E-state index is 4.50. The number of nitrogens with zero attached hydrogens (tertiary/aromatic N) is 1. The first-order chi connectivity index (χ1) is 9.05. The van der Waals surface area contributed by atoms with Crippen molar-refractivity contribution in [1.29, 1.82) is 0 Å². The summed E-state index contributed by atoms with van der Waals surface area (Å²) in [6.45, 7) is 6.72. The van der Waals surface area contributed by atoms with Crippen LogP contribution in [0.2, 0.25) is 0 Å². The molecular formula is C17H18N2. The average Bonchev–Trinajstić information content (AvgIpc) is 2.84. The van der Waals surface area contributed by atoms with Gasteiger partial charge in [-0.2, -0.15) is 0 Å². The minimum absolute atomic E-state index is 0.0894. The fourth-order valence-corrected chi connectivity index (χ4v) is 2.46. The lowest BCUT2D eigenvalue weighted by atomic mass is 9.82. The summed E-state index contributed by atoms with van der Waals surface area (Å²) in [4.78, 5) is 7.79. The second-order valence-electron chi connectivity index (χ2n) is 5.93. The van der Waals surface area contributed by atoms with Crippen LogP contribution in [0.3, 0.4) is 0 Å². The van der Waals surface area contributed by atoms with Gasteiger partial charge in [0.2, 0.25) is 0 Å². The van der Waals surface area contributed by atoms with Crippen molar-refractivity contribution in [3.63, 3.8) is 0 Å². The van der Waals surface area contributed by atoms with E-state index in [0.717, 1.165) is 5.69 Å². The predicted octanol–water partition coefficient (Wildman–Crippen LogP) is 4.53. The molecule has 96 valence electrons. The van der Waals surface area contributed by atoms with Crippen LogP contribution in [-0.2, 0) is 5.41 Å². The Labute approximate surface area is 113 Å². The molecule has 2 heterocycles. The average molecular weight is 250 g/mol. The standard InChI is InChI=1S/C17H18N2/c1-17(2,3)14-11-16-12(7-9-19-16)10-13(14)15-6-4-5-8-18-15/h4-11,19H,1-3H3. The number of fused-ring (bicyclic) bond motifs is 1. The third-order valence-electron chi connectivity index (χ3n) is 3.44.